The zero-order valence-electron chi connectivity index (χ0n) is 43.1. The largest absolute Gasteiger partial charge is 0.496 e. The summed E-state index contributed by atoms with van der Waals surface area (Å²) < 4.78 is 10.6. The second-order valence-corrected chi connectivity index (χ2v) is 18.8. The van der Waals surface area contributed by atoms with Crippen LogP contribution in [0, 0.1) is 13.8 Å². The lowest BCUT2D eigenvalue weighted by Gasteiger charge is -2.36. The number of para-hydroxylation sites is 2. The van der Waals surface area contributed by atoms with Crippen molar-refractivity contribution in [3.63, 3.8) is 0 Å². The summed E-state index contributed by atoms with van der Waals surface area (Å²) in [6.07, 6.45) is 2.12. The van der Waals surface area contributed by atoms with Crippen molar-refractivity contribution in [3.8, 4) is 11.5 Å². The van der Waals surface area contributed by atoms with E-state index in [0.717, 1.165) is 16.4 Å². The summed E-state index contributed by atoms with van der Waals surface area (Å²) in [5.41, 5.74) is 11.8. The Kier molecular flexibility index (Phi) is 19.1. The molecule has 74 heavy (non-hydrogen) atoms. The Morgan fingerprint density at radius 1 is 0.676 bits per heavy atom. The van der Waals surface area contributed by atoms with Gasteiger partial charge in [0.1, 0.15) is 17.8 Å². The summed E-state index contributed by atoms with van der Waals surface area (Å²) in [4.78, 5) is 65.5. The van der Waals surface area contributed by atoms with E-state index in [0.29, 0.717) is 56.6 Å². The van der Waals surface area contributed by atoms with Crippen molar-refractivity contribution in [2.75, 3.05) is 24.6 Å². The number of nitrogens with two attached hydrogens (primary N) is 1. The number of fused-ring (bicyclic) bond motifs is 1. The van der Waals surface area contributed by atoms with Crippen LogP contribution in [0.15, 0.2) is 139 Å². The first-order valence-corrected chi connectivity index (χ1v) is 23.3. The number of nitrogens with one attached hydrogen (secondary N) is 3. The number of ether oxygens (including phenoxy) is 2. The molecule has 4 amide bonds. The van der Waals surface area contributed by atoms with Crippen LogP contribution in [0.5, 0.6) is 11.5 Å². The molecule has 0 unspecified atom stereocenters. The number of hydrogen-bond donors (Lipinski definition) is 7. The summed E-state index contributed by atoms with van der Waals surface area (Å²) in [6, 6.07) is 38.1. The number of carbonyl (C=O) groups excluding carboxylic acids is 5. The lowest BCUT2D eigenvalue weighted by Crippen LogP contribution is -2.56. The molecule has 0 radical (unpaired) electrons. The highest BCUT2D eigenvalue weighted by Crippen LogP contribution is 2.25. The number of benzene rings is 6. The number of hydrogen-bond acceptors (Lipinski definition) is 14. The van der Waals surface area contributed by atoms with E-state index >= 15 is 0 Å². The monoisotopic (exact) mass is 1000 g/mol. The van der Waals surface area contributed by atoms with Gasteiger partial charge in [0.25, 0.3) is 23.6 Å². The van der Waals surface area contributed by atoms with Crippen LogP contribution in [-0.2, 0) is 0 Å². The molecule has 18 nitrogen and oxygen atoms in total. The molecule has 384 valence electrons. The molecule has 1 aliphatic rings. The minimum Gasteiger partial charge on any atom is -0.496 e. The number of hydrazone groups is 1. The van der Waals surface area contributed by atoms with E-state index in [1.165, 1.54) is 35.2 Å². The van der Waals surface area contributed by atoms with Crippen molar-refractivity contribution < 1.29 is 48.5 Å². The van der Waals surface area contributed by atoms with Crippen LogP contribution in [0.25, 0.3) is 0 Å². The summed E-state index contributed by atoms with van der Waals surface area (Å²) in [6.45, 7) is 14.3. The number of nitrogens with zero attached hydrogens (tertiary/aromatic N) is 4. The van der Waals surface area contributed by atoms with Crippen molar-refractivity contribution in [1.82, 2.24) is 20.9 Å². The van der Waals surface area contributed by atoms with Gasteiger partial charge in [-0.3, -0.25) is 45.6 Å². The van der Waals surface area contributed by atoms with Gasteiger partial charge >= 0.3 is 14.2 Å². The van der Waals surface area contributed by atoms with Gasteiger partial charge in [0.15, 0.2) is 0 Å². The van der Waals surface area contributed by atoms with Crippen LogP contribution >= 0.6 is 0 Å². The highest BCUT2D eigenvalue weighted by molar-refractivity contribution is 6.71. The van der Waals surface area contributed by atoms with Crippen molar-refractivity contribution in [2.24, 2.45) is 10.9 Å². The second kappa shape index (κ2) is 24.9. The molecule has 0 bridgehead atoms. The first-order chi connectivity index (χ1) is 35.0. The highest BCUT2D eigenvalue weighted by Gasteiger charge is 2.35. The van der Waals surface area contributed by atoms with Crippen LogP contribution in [0.4, 0.5) is 11.4 Å². The lowest BCUT2D eigenvalue weighted by molar-refractivity contribution is 0.0357. The molecule has 0 fully saturated rings. The Bertz CT molecular complexity index is 2980. The van der Waals surface area contributed by atoms with Gasteiger partial charge in [-0.2, -0.15) is 5.10 Å². The second-order valence-electron chi connectivity index (χ2n) is 18.8. The zero-order valence-corrected chi connectivity index (χ0v) is 43.1. The molecule has 6 aromatic rings. The minimum atomic E-state index is -1.92. The molecule has 0 atom stereocenters. The normalized spacial score (nSPS) is 11.5. The molecule has 6 aromatic carbocycles. The molecule has 8 N–H and O–H groups in total. The van der Waals surface area contributed by atoms with Crippen LogP contribution in [0.1, 0.15) is 110 Å². The van der Waals surface area contributed by atoms with Crippen molar-refractivity contribution in [2.45, 2.75) is 66.5 Å². The number of anilines is 2. The Labute approximate surface area is 432 Å². The van der Waals surface area contributed by atoms with E-state index in [9.17, 15) is 39.0 Å². The van der Waals surface area contributed by atoms with Crippen LogP contribution in [0.3, 0.4) is 0 Å². The van der Waals surface area contributed by atoms with E-state index < -0.39 is 48.9 Å². The maximum Gasteiger partial charge on any atom is 0.489 e. The predicted octanol–water partition coefficient (Wildman–Crippen LogP) is 5.18. The van der Waals surface area contributed by atoms with E-state index in [1.54, 1.807) is 103 Å². The number of methoxy groups -OCH3 is 2. The Morgan fingerprint density at radius 3 is 1.58 bits per heavy atom. The molecule has 0 aromatic heterocycles. The molecule has 0 saturated heterocycles. The molecule has 20 heteroatoms. The number of amides is 4. The molecule has 0 saturated carbocycles. The molecule has 1 aliphatic heterocycles. The van der Waals surface area contributed by atoms with Gasteiger partial charge < -0.3 is 30.0 Å². The fourth-order valence-corrected chi connectivity index (χ4v) is 7.52. The third-order valence-corrected chi connectivity index (χ3v) is 11.5. The average molecular weight is 1000 g/mol. The standard InChI is InChI=1S/C27H29BN4O4.C21H25BN2O6.C6H8N2/c1-18-22(12-9-13-24(18)36-5)25(33)30-31(27(2,3)4)26(34)19-14-15-20-17-29-32(28(35)23(20)16-19)21-10-7-6-8-11-21;1-13-16(7-6-8-18(13)30-5)19(26)23-24(21(2,3)4)20(27)14-9-10-15(12-25)17(11-14)22(28)29;7-8-6-4-2-1-3-5-6/h6-17,35H,1-5H3,(H,30,33);6-12,28-29H,1-5H3,(H,23,26);1-5,8H,7H2. The third kappa shape index (κ3) is 13.8. The van der Waals surface area contributed by atoms with Gasteiger partial charge in [0.05, 0.1) is 31.5 Å². The maximum atomic E-state index is 13.7. The summed E-state index contributed by atoms with van der Waals surface area (Å²) in [7, 11) is 0.0567. The van der Waals surface area contributed by atoms with Crippen molar-refractivity contribution in [3.05, 3.63) is 178 Å². The topological polar surface area (TPSA) is 249 Å². The number of nitrogen functional groups attached to an aromatic ring is 1. The smallest absolute Gasteiger partial charge is 0.489 e. The minimum absolute atomic E-state index is 0.0555. The van der Waals surface area contributed by atoms with Gasteiger partial charge in [-0.25, -0.2) is 10.0 Å². The Morgan fingerprint density at radius 2 is 1.15 bits per heavy atom. The molecule has 7 rings (SSSR count). The molecule has 1 heterocycles. The average Bonchev–Trinajstić information content (AvgIpc) is 3.39. The highest BCUT2D eigenvalue weighted by atomic mass is 16.5. The van der Waals surface area contributed by atoms with Crippen LogP contribution in [0.2, 0.25) is 0 Å². The number of aldehydes is 1. The summed E-state index contributed by atoms with van der Waals surface area (Å²) in [5, 5.41) is 36.9. The van der Waals surface area contributed by atoms with Gasteiger partial charge in [-0.1, -0.05) is 60.7 Å². The molecule has 0 spiro atoms. The summed E-state index contributed by atoms with van der Waals surface area (Å²) in [5.74, 6) is 4.34. The molecular weight excluding hydrogens is 942 g/mol. The fraction of sp³-hybridized carbons (Fsp3) is 0.222. The van der Waals surface area contributed by atoms with Gasteiger partial charge in [-0.05, 0) is 145 Å². The van der Waals surface area contributed by atoms with E-state index in [-0.39, 0.29) is 16.6 Å². The number of hydrazine groups is 3. The Hall–Kier alpha value is -8.29. The van der Waals surface area contributed by atoms with Gasteiger partial charge in [-0.15, -0.1) is 0 Å². The Balaban J connectivity index is 0.000000241. The van der Waals surface area contributed by atoms with Crippen molar-refractivity contribution >= 4 is 72.6 Å². The van der Waals surface area contributed by atoms with Gasteiger partial charge in [0.2, 0.25) is 0 Å². The predicted molar refractivity (Wildman–Crippen MR) is 289 cm³/mol. The number of rotatable bonds is 10. The fourth-order valence-electron chi connectivity index (χ4n) is 7.52. The van der Waals surface area contributed by atoms with E-state index in [4.69, 9.17) is 15.3 Å². The van der Waals surface area contributed by atoms with E-state index in [1.807, 2.05) is 81.4 Å². The van der Waals surface area contributed by atoms with Gasteiger partial charge in [0, 0.05) is 50.3 Å². The quantitative estimate of drug-likeness (QED) is 0.0405. The SMILES string of the molecule is COc1cccc(C(=O)NN(C(=O)c2ccc(C=O)c(B(O)O)c2)C(C)(C)C)c1C.COc1cccc(C(=O)NN(C(=O)c2ccc3c(c2)B(O)N(c2ccccc2)N=C3)C(C)(C)C)c1C.NNc1ccccc1. The van der Waals surface area contributed by atoms with Crippen LogP contribution in [-0.4, -0.2) is 101 Å². The lowest BCUT2D eigenvalue weighted by atomic mass is 9.69. The maximum absolute atomic E-state index is 13.7. The summed E-state index contributed by atoms with van der Waals surface area (Å²) >= 11 is 0. The first kappa shape index (κ1) is 56.6. The van der Waals surface area contributed by atoms with E-state index in [2.05, 4.69) is 21.4 Å². The zero-order chi connectivity index (χ0) is 54.5. The molecular formula is C54H62B2N8O10. The third-order valence-electron chi connectivity index (χ3n) is 11.5. The van der Waals surface area contributed by atoms with Crippen molar-refractivity contribution in [1.29, 1.82) is 0 Å². The first-order valence-electron chi connectivity index (χ1n) is 23.3. The molecule has 0 aliphatic carbocycles. The van der Waals surface area contributed by atoms with Crippen LogP contribution < -0.4 is 47.4 Å². The number of carbonyl (C=O) groups is 5.